The van der Waals surface area contributed by atoms with Crippen LogP contribution in [0.15, 0.2) is 24.5 Å². The first-order valence-electron chi connectivity index (χ1n) is 6.79. The molecule has 3 aromatic rings. The van der Waals surface area contributed by atoms with Crippen LogP contribution in [-0.4, -0.2) is 31.3 Å². The first kappa shape index (κ1) is 12.7. The van der Waals surface area contributed by atoms with Gasteiger partial charge in [0.1, 0.15) is 0 Å². The lowest BCUT2D eigenvalue weighted by molar-refractivity contribution is 0.844. The number of aromatic nitrogens is 5. The highest BCUT2D eigenvalue weighted by atomic mass is 15.3. The maximum atomic E-state index is 4.49. The van der Waals surface area contributed by atoms with E-state index in [1.165, 1.54) is 5.56 Å². The van der Waals surface area contributed by atoms with E-state index in [0.29, 0.717) is 5.95 Å². The molecule has 2 N–H and O–H groups in total. The van der Waals surface area contributed by atoms with E-state index in [-0.39, 0.29) is 0 Å². The van der Waals surface area contributed by atoms with Gasteiger partial charge in [-0.15, -0.1) is 5.10 Å². The Hall–Kier alpha value is -2.37. The standard InChI is InChI=1S/C14H18N6/c1-10-5-4-8-20-13(10)17-14(19-20)15-7-3-6-12-9-16-18-11(12)2/h4-5,8-9H,3,6-7H2,1-2H3,(H,15,19)(H,16,18). The predicted octanol–water partition coefficient (Wildman–Crippen LogP) is 2.11. The fourth-order valence-electron chi connectivity index (χ4n) is 2.22. The molecule has 6 heteroatoms. The molecular formula is C14H18N6. The summed E-state index contributed by atoms with van der Waals surface area (Å²) in [5.41, 5.74) is 4.44. The Morgan fingerprint density at radius 1 is 1.35 bits per heavy atom. The Morgan fingerprint density at radius 3 is 3.00 bits per heavy atom. The zero-order valence-corrected chi connectivity index (χ0v) is 11.7. The van der Waals surface area contributed by atoms with Gasteiger partial charge in [0.05, 0.1) is 6.20 Å². The molecule has 0 aliphatic rings. The summed E-state index contributed by atoms with van der Waals surface area (Å²) in [5.74, 6) is 0.684. The van der Waals surface area contributed by atoms with Crippen molar-refractivity contribution in [2.24, 2.45) is 0 Å². The van der Waals surface area contributed by atoms with Gasteiger partial charge in [0.15, 0.2) is 5.65 Å². The lowest BCUT2D eigenvalue weighted by Gasteiger charge is -2.01. The molecule has 0 radical (unpaired) electrons. The molecule has 20 heavy (non-hydrogen) atoms. The number of H-pyrrole nitrogens is 1. The number of aryl methyl sites for hydroxylation is 3. The van der Waals surface area contributed by atoms with Crippen molar-refractivity contribution in [3.63, 3.8) is 0 Å². The smallest absolute Gasteiger partial charge is 0.243 e. The zero-order valence-electron chi connectivity index (χ0n) is 11.7. The molecule has 0 aromatic carbocycles. The van der Waals surface area contributed by atoms with Gasteiger partial charge in [-0.2, -0.15) is 10.1 Å². The third-order valence-corrected chi connectivity index (χ3v) is 3.40. The Labute approximate surface area is 117 Å². The second kappa shape index (κ2) is 5.32. The molecule has 3 heterocycles. The lowest BCUT2D eigenvalue weighted by atomic mass is 10.1. The molecule has 0 aliphatic heterocycles. The van der Waals surface area contributed by atoms with Crippen LogP contribution in [-0.2, 0) is 6.42 Å². The molecule has 0 spiro atoms. The predicted molar refractivity (Wildman–Crippen MR) is 77.9 cm³/mol. The molecule has 0 atom stereocenters. The first-order valence-corrected chi connectivity index (χ1v) is 6.79. The molecule has 6 nitrogen and oxygen atoms in total. The molecule has 3 aromatic heterocycles. The van der Waals surface area contributed by atoms with Crippen LogP contribution in [0.3, 0.4) is 0 Å². The molecule has 0 saturated carbocycles. The summed E-state index contributed by atoms with van der Waals surface area (Å²) < 4.78 is 1.80. The minimum Gasteiger partial charge on any atom is -0.353 e. The Bertz CT molecular complexity index is 711. The average molecular weight is 270 g/mol. The summed E-state index contributed by atoms with van der Waals surface area (Å²) in [7, 11) is 0. The fraction of sp³-hybridized carbons (Fsp3) is 0.357. The molecule has 3 rings (SSSR count). The topological polar surface area (TPSA) is 70.9 Å². The van der Waals surface area contributed by atoms with Gasteiger partial charge in [-0.25, -0.2) is 4.52 Å². The van der Waals surface area contributed by atoms with Crippen LogP contribution in [0.2, 0.25) is 0 Å². The highest BCUT2D eigenvalue weighted by Gasteiger charge is 2.05. The maximum absolute atomic E-state index is 4.49. The average Bonchev–Trinajstić information content (AvgIpc) is 3.02. The van der Waals surface area contributed by atoms with Crippen LogP contribution >= 0.6 is 0 Å². The number of rotatable bonds is 5. The van der Waals surface area contributed by atoms with Gasteiger partial charge in [-0.1, -0.05) is 6.07 Å². The van der Waals surface area contributed by atoms with E-state index in [9.17, 15) is 0 Å². The van der Waals surface area contributed by atoms with Crippen molar-refractivity contribution >= 4 is 11.6 Å². The third kappa shape index (κ3) is 2.49. The van der Waals surface area contributed by atoms with Gasteiger partial charge in [0.25, 0.3) is 0 Å². The first-order chi connectivity index (χ1) is 9.74. The quantitative estimate of drug-likeness (QED) is 0.697. The van der Waals surface area contributed by atoms with Crippen LogP contribution in [0, 0.1) is 13.8 Å². The minimum atomic E-state index is 0.684. The van der Waals surface area contributed by atoms with Gasteiger partial charge < -0.3 is 5.32 Å². The van der Waals surface area contributed by atoms with Crippen LogP contribution in [0.25, 0.3) is 5.65 Å². The Kier molecular flexibility index (Phi) is 3.37. The number of nitrogens with zero attached hydrogens (tertiary/aromatic N) is 4. The van der Waals surface area contributed by atoms with Crippen molar-refractivity contribution in [1.82, 2.24) is 24.8 Å². The van der Waals surface area contributed by atoms with Gasteiger partial charge in [-0.3, -0.25) is 5.10 Å². The highest BCUT2D eigenvalue weighted by Crippen LogP contribution is 2.10. The summed E-state index contributed by atoms with van der Waals surface area (Å²) in [6.07, 6.45) is 5.83. The van der Waals surface area contributed by atoms with Crippen LogP contribution < -0.4 is 5.32 Å². The van der Waals surface area contributed by atoms with Crippen LogP contribution in [0.5, 0.6) is 0 Å². The SMILES string of the molecule is Cc1[nH]ncc1CCCNc1nc2c(C)cccn2n1. The van der Waals surface area contributed by atoms with Crippen molar-refractivity contribution in [2.75, 3.05) is 11.9 Å². The van der Waals surface area contributed by atoms with Crippen LogP contribution in [0.4, 0.5) is 5.95 Å². The third-order valence-electron chi connectivity index (χ3n) is 3.40. The summed E-state index contributed by atoms with van der Waals surface area (Å²) in [5, 5.41) is 14.6. The van der Waals surface area contributed by atoms with Crippen molar-refractivity contribution in [3.8, 4) is 0 Å². The minimum absolute atomic E-state index is 0.684. The lowest BCUT2D eigenvalue weighted by Crippen LogP contribution is -2.04. The van der Waals surface area contributed by atoms with E-state index < -0.39 is 0 Å². The summed E-state index contributed by atoms with van der Waals surface area (Å²) in [4.78, 5) is 4.49. The normalized spacial score (nSPS) is 11.1. The molecule has 104 valence electrons. The van der Waals surface area contributed by atoms with E-state index in [1.54, 1.807) is 4.52 Å². The maximum Gasteiger partial charge on any atom is 0.243 e. The van der Waals surface area contributed by atoms with E-state index in [4.69, 9.17) is 0 Å². The largest absolute Gasteiger partial charge is 0.353 e. The fourth-order valence-corrected chi connectivity index (χ4v) is 2.22. The molecular weight excluding hydrogens is 252 g/mol. The molecule has 0 bridgehead atoms. The van der Waals surface area contributed by atoms with E-state index in [0.717, 1.165) is 36.3 Å². The van der Waals surface area contributed by atoms with Crippen molar-refractivity contribution in [3.05, 3.63) is 41.3 Å². The van der Waals surface area contributed by atoms with Crippen LogP contribution in [0.1, 0.15) is 23.2 Å². The number of anilines is 1. The van der Waals surface area contributed by atoms with Crippen molar-refractivity contribution < 1.29 is 0 Å². The second-order valence-corrected chi connectivity index (χ2v) is 4.95. The number of nitrogens with one attached hydrogen (secondary N) is 2. The van der Waals surface area contributed by atoms with Gasteiger partial charge in [0, 0.05) is 18.4 Å². The van der Waals surface area contributed by atoms with E-state index >= 15 is 0 Å². The monoisotopic (exact) mass is 270 g/mol. The molecule has 0 saturated heterocycles. The molecule has 0 fully saturated rings. The number of aromatic amines is 1. The molecule has 0 unspecified atom stereocenters. The summed E-state index contributed by atoms with van der Waals surface area (Å²) >= 11 is 0. The molecule has 0 amide bonds. The van der Waals surface area contributed by atoms with E-state index in [1.807, 2.05) is 38.4 Å². The van der Waals surface area contributed by atoms with E-state index in [2.05, 4.69) is 25.6 Å². The number of fused-ring (bicyclic) bond motifs is 1. The van der Waals surface area contributed by atoms with Crippen molar-refractivity contribution in [2.45, 2.75) is 26.7 Å². The molecule has 0 aliphatic carbocycles. The number of hydrogen-bond acceptors (Lipinski definition) is 4. The Balaban J connectivity index is 1.57. The number of pyridine rings is 1. The van der Waals surface area contributed by atoms with Gasteiger partial charge in [-0.05, 0) is 43.9 Å². The van der Waals surface area contributed by atoms with Crippen molar-refractivity contribution in [1.29, 1.82) is 0 Å². The Morgan fingerprint density at radius 2 is 2.25 bits per heavy atom. The van der Waals surface area contributed by atoms with Gasteiger partial charge >= 0.3 is 0 Å². The summed E-state index contributed by atoms with van der Waals surface area (Å²) in [6, 6.07) is 4.01. The van der Waals surface area contributed by atoms with Gasteiger partial charge in [0.2, 0.25) is 5.95 Å². The second-order valence-electron chi connectivity index (χ2n) is 4.95. The highest BCUT2D eigenvalue weighted by molar-refractivity contribution is 5.49. The summed E-state index contributed by atoms with van der Waals surface area (Å²) in [6.45, 7) is 4.93. The zero-order chi connectivity index (χ0) is 13.9. The number of hydrogen-bond donors (Lipinski definition) is 2.